The van der Waals surface area contributed by atoms with Crippen LogP contribution in [-0.2, 0) is 16.2 Å². The first kappa shape index (κ1) is 23.4. The Kier molecular flexibility index (Phi) is 7.83. The number of thioether (sulfide) groups is 1. The molecule has 0 atom stereocenters. The van der Waals surface area contributed by atoms with Crippen LogP contribution in [0, 0.1) is 0 Å². The van der Waals surface area contributed by atoms with E-state index < -0.39 is 5.97 Å². The molecule has 0 saturated carbocycles. The van der Waals surface area contributed by atoms with Gasteiger partial charge in [0.05, 0.1) is 18.4 Å². The van der Waals surface area contributed by atoms with Gasteiger partial charge in [-0.3, -0.25) is 14.5 Å². The average molecular weight is 498 g/mol. The number of halogens is 2. The molecule has 0 bridgehead atoms. The summed E-state index contributed by atoms with van der Waals surface area (Å²) in [6.07, 6.45) is 1.51. The van der Waals surface area contributed by atoms with Gasteiger partial charge in [-0.15, -0.1) is 0 Å². The molecule has 31 heavy (non-hydrogen) atoms. The van der Waals surface area contributed by atoms with Crippen molar-refractivity contribution in [3.63, 3.8) is 0 Å². The number of amides is 1. The summed E-state index contributed by atoms with van der Waals surface area (Å²) in [6.45, 7) is 0.272. The highest BCUT2D eigenvalue weighted by atomic mass is 35.5. The number of hydrogen-bond donors (Lipinski definition) is 1. The van der Waals surface area contributed by atoms with Gasteiger partial charge in [-0.05, 0) is 35.9 Å². The van der Waals surface area contributed by atoms with Crippen LogP contribution >= 0.6 is 47.2 Å². The molecule has 0 radical (unpaired) electrons. The maximum Gasteiger partial charge on any atom is 0.305 e. The Morgan fingerprint density at radius 3 is 2.68 bits per heavy atom. The van der Waals surface area contributed by atoms with Gasteiger partial charge >= 0.3 is 5.97 Å². The zero-order chi connectivity index (χ0) is 22.5. The van der Waals surface area contributed by atoms with E-state index in [1.54, 1.807) is 42.5 Å². The fourth-order valence-electron chi connectivity index (χ4n) is 2.74. The molecule has 1 aliphatic heterocycles. The number of nitrogens with zero attached hydrogens (tertiary/aromatic N) is 1. The van der Waals surface area contributed by atoms with Crippen LogP contribution in [0.2, 0.25) is 10.0 Å². The molecular weight excluding hydrogens is 481 g/mol. The lowest BCUT2D eigenvalue weighted by atomic mass is 10.1. The largest absolute Gasteiger partial charge is 0.493 e. The van der Waals surface area contributed by atoms with Crippen LogP contribution in [0.4, 0.5) is 0 Å². The molecule has 2 aromatic carbocycles. The number of rotatable bonds is 8. The molecule has 1 aliphatic rings. The summed E-state index contributed by atoms with van der Waals surface area (Å²) in [4.78, 5) is 25.0. The Morgan fingerprint density at radius 1 is 1.23 bits per heavy atom. The van der Waals surface area contributed by atoms with E-state index in [9.17, 15) is 9.59 Å². The number of aliphatic carboxylic acids is 1. The summed E-state index contributed by atoms with van der Waals surface area (Å²) < 4.78 is 11.6. The summed E-state index contributed by atoms with van der Waals surface area (Å²) in [6, 6.07) is 10.4. The highest BCUT2D eigenvalue weighted by molar-refractivity contribution is 8.26. The van der Waals surface area contributed by atoms with Crippen molar-refractivity contribution in [3.05, 3.63) is 62.5 Å². The molecule has 162 valence electrons. The third-order valence-electron chi connectivity index (χ3n) is 4.31. The Labute approximate surface area is 198 Å². The molecule has 3 rings (SSSR count). The molecule has 0 aliphatic carbocycles. The zero-order valence-electron chi connectivity index (χ0n) is 16.3. The number of benzene rings is 2. The number of carboxylic acid groups (broad SMARTS) is 1. The Bertz CT molecular complexity index is 1070. The standard InChI is InChI=1S/C21H17Cl2NO5S2/c1-28-17-8-12(9-18-20(27)24(21(30)31-18)7-6-19(25)26)2-5-16(17)29-11-13-3-4-14(22)10-15(13)23/h2-5,8-10H,6-7,11H2,1H3,(H,25,26)/b18-9-. The molecule has 0 spiro atoms. The number of methoxy groups -OCH3 is 1. The third kappa shape index (κ3) is 5.92. The smallest absolute Gasteiger partial charge is 0.305 e. The van der Waals surface area contributed by atoms with Crippen LogP contribution in [0.1, 0.15) is 17.5 Å². The van der Waals surface area contributed by atoms with E-state index in [-0.39, 0.29) is 25.5 Å². The van der Waals surface area contributed by atoms with Gasteiger partial charge in [0, 0.05) is 22.2 Å². The van der Waals surface area contributed by atoms with E-state index in [1.165, 1.54) is 12.0 Å². The van der Waals surface area contributed by atoms with Crippen LogP contribution in [0.5, 0.6) is 11.5 Å². The highest BCUT2D eigenvalue weighted by Crippen LogP contribution is 2.35. The van der Waals surface area contributed by atoms with Crippen molar-refractivity contribution in [2.75, 3.05) is 13.7 Å². The normalized spacial score (nSPS) is 14.9. The fraction of sp³-hybridized carbons (Fsp3) is 0.190. The minimum absolute atomic E-state index is 0.0424. The molecule has 0 aromatic heterocycles. The maximum absolute atomic E-state index is 12.5. The van der Waals surface area contributed by atoms with Crippen molar-refractivity contribution in [3.8, 4) is 11.5 Å². The fourth-order valence-corrected chi connectivity index (χ4v) is 4.51. The van der Waals surface area contributed by atoms with Crippen LogP contribution < -0.4 is 9.47 Å². The van der Waals surface area contributed by atoms with E-state index in [4.69, 9.17) is 50.0 Å². The second-order valence-electron chi connectivity index (χ2n) is 6.41. The second kappa shape index (κ2) is 10.4. The lowest BCUT2D eigenvalue weighted by Crippen LogP contribution is -2.30. The van der Waals surface area contributed by atoms with Gasteiger partial charge < -0.3 is 14.6 Å². The van der Waals surface area contributed by atoms with E-state index >= 15 is 0 Å². The maximum atomic E-state index is 12.5. The summed E-state index contributed by atoms with van der Waals surface area (Å²) >= 11 is 18.4. The first-order valence-corrected chi connectivity index (χ1v) is 11.0. The Hall–Kier alpha value is -2.26. The Morgan fingerprint density at radius 2 is 2.00 bits per heavy atom. The molecule has 1 N–H and O–H groups in total. The summed E-state index contributed by atoms with van der Waals surface area (Å²) in [5, 5.41) is 9.89. The number of carbonyl (C=O) groups is 2. The first-order valence-electron chi connectivity index (χ1n) is 9.00. The van der Waals surface area contributed by atoms with Gasteiger partial charge in [0.25, 0.3) is 5.91 Å². The van der Waals surface area contributed by atoms with Crippen molar-refractivity contribution in [2.45, 2.75) is 13.0 Å². The predicted molar refractivity (Wildman–Crippen MR) is 126 cm³/mol. The van der Waals surface area contributed by atoms with Crippen molar-refractivity contribution in [1.82, 2.24) is 4.90 Å². The lowest BCUT2D eigenvalue weighted by molar-refractivity contribution is -0.137. The number of thiocarbonyl (C=S) groups is 1. The van der Waals surface area contributed by atoms with E-state index in [1.807, 2.05) is 0 Å². The molecule has 1 fully saturated rings. The van der Waals surface area contributed by atoms with Crippen LogP contribution in [0.25, 0.3) is 6.08 Å². The minimum atomic E-state index is -0.988. The molecule has 6 nitrogen and oxygen atoms in total. The van der Waals surface area contributed by atoms with E-state index in [2.05, 4.69) is 0 Å². The topological polar surface area (TPSA) is 76.1 Å². The number of hydrogen-bond acceptors (Lipinski definition) is 6. The summed E-state index contributed by atoms with van der Waals surface area (Å²) in [7, 11) is 1.52. The molecular formula is C21H17Cl2NO5S2. The molecule has 2 aromatic rings. The quantitative estimate of drug-likeness (QED) is 0.393. The average Bonchev–Trinajstić information content (AvgIpc) is 2.98. The molecule has 0 unspecified atom stereocenters. The lowest BCUT2D eigenvalue weighted by Gasteiger charge is -2.13. The van der Waals surface area contributed by atoms with Crippen molar-refractivity contribution >= 4 is 69.5 Å². The monoisotopic (exact) mass is 497 g/mol. The van der Waals surface area contributed by atoms with Gasteiger partial charge in [0.2, 0.25) is 0 Å². The van der Waals surface area contributed by atoms with Crippen molar-refractivity contribution in [1.29, 1.82) is 0 Å². The van der Waals surface area contributed by atoms with Crippen LogP contribution in [0.3, 0.4) is 0 Å². The number of ether oxygens (including phenoxy) is 2. The van der Waals surface area contributed by atoms with E-state index in [0.29, 0.717) is 36.3 Å². The third-order valence-corrected chi connectivity index (χ3v) is 6.27. The predicted octanol–water partition coefficient (Wildman–Crippen LogP) is 5.26. The SMILES string of the molecule is COc1cc(/C=C2\SC(=S)N(CCC(=O)O)C2=O)ccc1OCc1ccc(Cl)cc1Cl. The summed E-state index contributed by atoms with van der Waals surface area (Å²) in [5.74, 6) is -0.300. The van der Waals surface area contributed by atoms with Crippen LogP contribution in [-0.4, -0.2) is 39.9 Å². The van der Waals surface area contributed by atoms with Crippen molar-refractivity contribution in [2.24, 2.45) is 0 Å². The first-order chi connectivity index (χ1) is 14.8. The second-order valence-corrected chi connectivity index (χ2v) is 8.93. The molecule has 10 heteroatoms. The van der Waals surface area contributed by atoms with E-state index in [0.717, 1.165) is 17.3 Å². The van der Waals surface area contributed by atoms with Gasteiger partial charge in [-0.25, -0.2) is 0 Å². The molecule has 1 saturated heterocycles. The minimum Gasteiger partial charge on any atom is -0.493 e. The highest BCUT2D eigenvalue weighted by Gasteiger charge is 2.32. The number of carbonyl (C=O) groups excluding carboxylic acids is 1. The molecule has 1 amide bonds. The van der Waals surface area contributed by atoms with Gasteiger partial charge in [0.1, 0.15) is 10.9 Å². The van der Waals surface area contributed by atoms with Gasteiger partial charge in [0.15, 0.2) is 11.5 Å². The van der Waals surface area contributed by atoms with Gasteiger partial charge in [-0.2, -0.15) is 0 Å². The number of carboxylic acids is 1. The Balaban J connectivity index is 1.74. The molecule has 1 heterocycles. The van der Waals surface area contributed by atoms with Crippen molar-refractivity contribution < 1.29 is 24.2 Å². The van der Waals surface area contributed by atoms with Crippen LogP contribution in [0.15, 0.2) is 41.3 Å². The zero-order valence-corrected chi connectivity index (χ0v) is 19.4. The summed E-state index contributed by atoms with van der Waals surface area (Å²) in [5.41, 5.74) is 1.50. The van der Waals surface area contributed by atoms with Gasteiger partial charge in [-0.1, -0.05) is 59.3 Å².